The number of hydrogen-bond acceptors (Lipinski definition) is 0. The molecule has 312 valence electrons. The van der Waals surface area contributed by atoms with Crippen molar-refractivity contribution in [3.8, 4) is 111 Å². The van der Waals surface area contributed by atoms with Gasteiger partial charge in [-0.25, -0.2) is 0 Å². The third-order valence-electron chi connectivity index (χ3n) is 15.1. The lowest BCUT2D eigenvalue weighted by molar-refractivity contribution is 1.59. The Morgan fingerprint density at radius 3 is 0.941 bits per heavy atom. The summed E-state index contributed by atoms with van der Waals surface area (Å²) in [5, 5.41) is 10.6. The molecule has 0 heteroatoms. The van der Waals surface area contributed by atoms with Crippen LogP contribution in [0.3, 0.4) is 0 Å². The van der Waals surface area contributed by atoms with E-state index in [0.717, 1.165) is 0 Å². The van der Waals surface area contributed by atoms with Crippen LogP contribution in [0.5, 0.6) is 0 Å². The van der Waals surface area contributed by atoms with E-state index in [4.69, 9.17) is 0 Å². The van der Waals surface area contributed by atoms with Crippen molar-refractivity contribution in [1.29, 1.82) is 0 Å². The molecule has 0 nitrogen and oxygen atoms in total. The average Bonchev–Trinajstić information content (AvgIpc) is 3.95. The number of fused-ring (bicyclic) bond motifs is 8. The normalized spacial score (nSPS) is 12.1. The largest absolute Gasteiger partial charge is 0.0622 e. The molecule has 68 heavy (non-hydrogen) atoms. The minimum Gasteiger partial charge on any atom is -0.0622 e. The van der Waals surface area contributed by atoms with Crippen LogP contribution in [0.15, 0.2) is 243 Å². The van der Waals surface area contributed by atoms with Crippen molar-refractivity contribution in [3.63, 3.8) is 0 Å². The van der Waals surface area contributed by atoms with Gasteiger partial charge in [-0.15, -0.1) is 0 Å². The molecule has 0 spiro atoms. The van der Waals surface area contributed by atoms with Crippen LogP contribution in [-0.4, -0.2) is 0 Å². The summed E-state index contributed by atoms with van der Waals surface area (Å²) >= 11 is 0. The van der Waals surface area contributed by atoms with Crippen LogP contribution in [0.4, 0.5) is 0 Å². The summed E-state index contributed by atoms with van der Waals surface area (Å²) in [6.45, 7) is 0. The second-order valence-electron chi connectivity index (χ2n) is 18.6. The van der Waals surface area contributed by atoms with Gasteiger partial charge < -0.3 is 0 Å². The molecule has 2 aliphatic carbocycles. The molecule has 0 radical (unpaired) electrons. The van der Waals surface area contributed by atoms with Gasteiger partial charge in [-0.2, -0.15) is 0 Å². The molecule has 0 aliphatic heterocycles. The third-order valence-corrected chi connectivity index (χ3v) is 15.1. The maximum atomic E-state index is 2.56. The lowest BCUT2D eigenvalue weighted by atomic mass is 9.82. The van der Waals surface area contributed by atoms with E-state index in [1.165, 1.54) is 154 Å². The summed E-state index contributed by atoms with van der Waals surface area (Å²) in [5.41, 5.74) is 25.4. The van der Waals surface area contributed by atoms with Crippen LogP contribution in [0, 0.1) is 0 Å². The van der Waals surface area contributed by atoms with E-state index >= 15 is 0 Å². The Bertz CT molecular complexity index is 4110. The monoisotopic (exact) mass is 856 g/mol. The first-order valence-electron chi connectivity index (χ1n) is 23.8. The lowest BCUT2D eigenvalue weighted by Gasteiger charge is -2.20. The summed E-state index contributed by atoms with van der Waals surface area (Å²) < 4.78 is 0. The van der Waals surface area contributed by atoms with Gasteiger partial charge in [-0.3, -0.25) is 0 Å². The van der Waals surface area contributed by atoms with Crippen molar-refractivity contribution in [2.24, 2.45) is 0 Å². The van der Waals surface area contributed by atoms with Crippen molar-refractivity contribution in [2.45, 2.75) is 0 Å². The number of rotatable bonds is 6. The fourth-order valence-electron chi connectivity index (χ4n) is 12.3. The minimum atomic E-state index is 1.21. The van der Waals surface area contributed by atoms with Gasteiger partial charge in [0, 0.05) is 0 Å². The molecule has 0 aromatic heterocycles. The molecule has 0 saturated heterocycles. The standard InChI is InChI=1S/C68H40/c1-6-17-41(18-7-1)46-27-16-28-47(39-46)58-40-59-63-51(45-25-14-5-15-26-45)32-31-50(44-23-12-4-13-24-44)62(63)56-36-34-53-52-33-35-54-60-48(42-19-8-2-9-20-42)29-30-49(43-21-10-3-11-22-43)61(60)55-37-38-57(64(52)65(54)55)66(58)68(53)67(56)59/h1-40H. The van der Waals surface area contributed by atoms with E-state index in [1.54, 1.807) is 0 Å². The molecule has 2 aliphatic rings. The van der Waals surface area contributed by atoms with Crippen LogP contribution in [0.2, 0.25) is 0 Å². The van der Waals surface area contributed by atoms with Gasteiger partial charge in [0.05, 0.1) is 0 Å². The van der Waals surface area contributed by atoms with Crippen molar-refractivity contribution < 1.29 is 0 Å². The van der Waals surface area contributed by atoms with E-state index in [2.05, 4.69) is 243 Å². The van der Waals surface area contributed by atoms with E-state index < -0.39 is 0 Å². The summed E-state index contributed by atoms with van der Waals surface area (Å²) in [7, 11) is 0. The van der Waals surface area contributed by atoms with Crippen LogP contribution in [-0.2, 0) is 0 Å². The highest BCUT2D eigenvalue weighted by molar-refractivity contribution is 6.43. The van der Waals surface area contributed by atoms with Crippen molar-refractivity contribution >= 4 is 43.1 Å². The van der Waals surface area contributed by atoms with Crippen molar-refractivity contribution in [3.05, 3.63) is 243 Å². The van der Waals surface area contributed by atoms with Crippen LogP contribution >= 0.6 is 0 Å². The maximum absolute atomic E-state index is 2.56. The minimum absolute atomic E-state index is 1.21. The second kappa shape index (κ2) is 14.3. The zero-order valence-corrected chi connectivity index (χ0v) is 37.1. The molecule has 0 N–H and O–H groups in total. The summed E-state index contributed by atoms with van der Waals surface area (Å²) in [5.74, 6) is 0. The van der Waals surface area contributed by atoms with E-state index in [-0.39, 0.29) is 0 Å². The molecule has 0 fully saturated rings. The summed E-state index contributed by atoms with van der Waals surface area (Å²) in [4.78, 5) is 0. The fourth-order valence-corrected chi connectivity index (χ4v) is 12.3. The molecular weight excluding hydrogens is 817 g/mol. The zero-order chi connectivity index (χ0) is 44.5. The van der Waals surface area contributed by atoms with Crippen LogP contribution in [0.25, 0.3) is 154 Å². The quantitative estimate of drug-likeness (QED) is 0.115. The highest BCUT2D eigenvalue weighted by atomic mass is 14.4. The van der Waals surface area contributed by atoms with Gasteiger partial charge in [0.15, 0.2) is 0 Å². The second-order valence-corrected chi connectivity index (χ2v) is 18.6. The molecule has 0 saturated carbocycles. The Kier molecular flexibility index (Phi) is 7.88. The Morgan fingerprint density at radius 1 is 0.147 bits per heavy atom. The first kappa shape index (κ1) is 37.4. The summed E-state index contributed by atoms with van der Waals surface area (Å²) in [6, 6.07) is 90.6. The number of hydrogen-bond donors (Lipinski definition) is 0. The predicted molar refractivity (Wildman–Crippen MR) is 289 cm³/mol. The average molecular weight is 857 g/mol. The molecule has 13 aromatic rings. The van der Waals surface area contributed by atoms with Crippen molar-refractivity contribution in [1.82, 2.24) is 0 Å². The van der Waals surface area contributed by atoms with Gasteiger partial charge in [0.25, 0.3) is 0 Å². The van der Waals surface area contributed by atoms with Gasteiger partial charge in [-0.1, -0.05) is 231 Å². The SMILES string of the molecule is c1ccc(-c2cccc(-c3cc4c5c(ccc6c7ccc8c9c(ccc(c3c56)c97)-c3c(-c5ccccc5)ccc(-c5ccccc5)c3-8)-c3c(-c5ccccc5)ccc(-c5ccccc5)c3-4)c2)cc1. The van der Waals surface area contributed by atoms with Gasteiger partial charge in [0.1, 0.15) is 0 Å². The number of benzene rings is 13. The Labute approximate surface area is 395 Å². The van der Waals surface area contributed by atoms with Crippen LogP contribution < -0.4 is 0 Å². The molecule has 0 atom stereocenters. The first-order valence-corrected chi connectivity index (χ1v) is 23.8. The molecular formula is C68H40. The Hall–Kier alpha value is -8.84. The fraction of sp³-hybridized carbons (Fsp3) is 0. The van der Waals surface area contributed by atoms with Gasteiger partial charge in [-0.05, 0) is 166 Å². The molecule has 15 rings (SSSR count). The highest BCUT2D eigenvalue weighted by Gasteiger charge is 2.34. The lowest BCUT2D eigenvalue weighted by Crippen LogP contribution is -1.93. The highest BCUT2D eigenvalue weighted by Crippen LogP contribution is 2.62. The zero-order valence-electron chi connectivity index (χ0n) is 37.1. The smallest absolute Gasteiger partial charge is 0.000761 e. The maximum Gasteiger partial charge on any atom is -0.000761 e. The third kappa shape index (κ3) is 5.20. The summed E-state index contributed by atoms with van der Waals surface area (Å²) in [6.07, 6.45) is 0. The van der Waals surface area contributed by atoms with Crippen molar-refractivity contribution in [2.75, 3.05) is 0 Å². The molecule has 0 bridgehead atoms. The van der Waals surface area contributed by atoms with Crippen LogP contribution in [0.1, 0.15) is 0 Å². The van der Waals surface area contributed by atoms with E-state index in [0.29, 0.717) is 0 Å². The topological polar surface area (TPSA) is 0 Å². The Morgan fingerprint density at radius 2 is 0.485 bits per heavy atom. The van der Waals surface area contributed by atoms with E-state index in [1.807, 2.05) is 0 Å². The van der Waals surface area contributed by atoms with E-state index in [9.17, 15) is 0 Å². The molecule has 13 aromatic carbocycles. The molecule has 0 unspecified atom stereocenters. The molecule has 0 amide bonds. The Balaban J connectivity index is 1.11. The van der Waals surface area contributed by atoms with Gasteiger partial charge >= 0.3 is 0 Å². The van der Waals surface area contributed by atoms with Gasteiger partial charge in [0.2, 0.25) is 0 Å². The first-order chi connectivity index (χ1) is 33.8. The molecule has 0 heterocycles. The predicted octanol–water partition coefficient (Wildman–Crippen LogP) is 19.0.